The van der Waals surface area contributed by atoms with Crippen LogP contribution in [0.15, 0.2) is 22.7 Å². The van der Waals surface area contributed by atoms with Crippen molar-refractivity contribution in [3.8, 4) is 0 Å². The van der Waals surface area contributed by atoms with E-state index in [9.17, 15) is 9.18 Å². The number of benzene rings is 1. The van der Waals surface area contributed by atoms with Gasteiger partial charge in [-0.15, -0.1) is 0 Å². The van der Waals surface area contributed by atoms with E-state index in [1.807, 2.05) is 0 Å². The molecule has 1 aromatic rings. The maximum atomic E-state index is 12.9. The molecule has 0 aliphatic heterocycles. The lowest BCUT2D eigenvalue weighted by Crippen LogP contribution is -2.02. The highest BCUT2D eigenvalue weighted by Crippen LogP contribution is 2.19. The Labute approximate surface area is 108 Å². The Morgan fingerprint density at radius 1 is 1.35 bits per heavy atom. The number of carbonyl (C=O) groups is 1. The summed E-state index contributed by atoms with van der Waals surface area (Å²) in [6.07, 6.45) is 2.70. The zero-order chi connectivity index (χ0) is 12.7. The van der Waals surface area contributed by atoms with Crippen LogP contribution in [-0.2, 0) is 4.79 Å². The zero-order valence-electron chi connectivity index (χ0n) is 9.38. The lowest BCUT2D eigenvalue weighted by atomic mass is 10.2. The van der Waals surface area contributed by atoms with Crippen molar-refractivity contribution in [3.05, 3.63) is 28.5 Å². The minimum Gasteiger partial charge on any atom is -0.481 e. The molecule has 17 heavy (non-hydrogen) atoms. The third kappa shape index (κ3) is 5.68. The Morgan fingerprint density at radius 3 is 2.76 bits per heavy atom. The summed E-state index contributed by atoms with van der Waals surface area (Å²) in [5, 5.41) is 11.6. The minimum absolute atomic E-state index is 0.224. The van der Waals surface area contributed by atoms with Crippen molar-refractivity contribution in [1.29, 1.82) is 0 Å². The molecule has 0 saturated heterocycles. The van der Waals surface area contributed by atoms with Gasteiger partial charge in [0.2, 0.25) is 0 Å². The van der Waals surface area contributed by atoms with E-state index in [2.05, 4.69) is 21.2 Å². The number of carboxylic acids is 1. The number of unbranched alkanes of at least 4 members (excludes halogenated alkanes) is 2. The highest BCUT2D eigenvalue weighted by Gasteiger charge is 2.00. The van der Waals surface area contributed by atoms with E-state index in [1.165, 1.54) is 6.07 Å². The topological polar surface area (TPSA) is 49.3 Å². The van der Waals surface area contributed by atoms with E-state index in [-0.39, 0.29) is 12.2 Å². The van der Waals surface area contributed by atoms with Gasteiger partial charge in [0.15, 0.2) is 0 Å². The first kappa shape index (κ1) is 14.0. The fourth-order valence-corrected chi connectivity index (χ4v) is 1.80. The fraction of sp³-hybridized carbons (Fsp3) is 0.417. The number of hydrogen-bond donors (Lipinski definition) is 2. The van der Waals surface area contributed by atoms with E-state index in [0.29, 0.717) is 10.9 Å². The summed E-state index contributed by atoms with van der Waals surface area (Å²) in [6, 6.07) is 4.76. The fourth-order valence-electron chi connectivity index (χ4n) is 1.42. The highest BCUT2D eigenvalue weighted by molar-refractivity contribution is 9.10. The number of halogens is 2. The Kier molecular flexibility index (Phi) is 5.97. The van der Waals surface area contributed by atoms with Crippen molar-refractivity contribution in [2.75, 3.05) is 11.9 Å². The maximum Gasteiger partial charge on any atom is 0.303 e. The quantitative estimate of drug-likeness (QED) is 0.756. The minimum atomic E-state index is -0.750. The van der Waals surface area contributed by atoms with Gasteiger partial charge in [0.25, 0.3) is 0 Å². The van der Waals surface area contributed by atoms with E-state index in [1.54, 1.807) is 12.1 Å². The second-order valence-corrected chi connectivity index (χ2v) is 4.61. The van der Waals surface area contributed by atoms with Crippen LogP contribution in [-0.4, -0.2) is 17.6 Å². The van der Waals surface area contributed by atoms with Gasteiger partial charge in [-0.1, -0.05) is 6.42 Å². The molecule has 0 fully saturated rings. The molecule has 0 radical (unpaired) electrons. The van der Waals surface area contributed by atoms with Crippen LogP contribution >= 0.6 is 15.9 Å². The van der Waals surface area contributed by atoms with Crippen LogP contribution in [0.1, 0.15) is 25.7 Å². The number of nitrogens with one attached hydrogen (secondary N) is 1. The first-order valence-corrected chi connectivity index (χ1v) is 6.29. The molecule has 0 aromatic heterocycles. The second-order valence-electron chi connectivity index (χ2n) is 3.76. The summed E-state index contributed by atoms with van der Waals surface area (Å²) in [5.41, 5.74) is 0.858. The summed E-state index contributed by atoms with van der Waals surface area (Å²) in [7, 11) is 0. The lowest BCUT2D eigenvalue weighted by molar-refractivity contribution is -0.137. The third-order valence-corrected chi connectivity index (χ3v) is 2.92. The molecule has 0 aliphatic carbocycles. The van der Waals surface area contributed by atoms with Gasteiger partial charge >= 0.3 is 5.97 Å². The van der Waals surface area contributed by atoms with E-state index in [4.69, 9.17) is 5.11 Å². The van der Waals surface area contributed by atoms with Gasteiger partial charge in [-0.05, 0) is 47.0 Å². The van der Waals surface area contributed by atoms with Gasteiger partial charge in [-0.25, -0.2) is 4.39 Å². The van der Waals surface area contributed by atoms with Gasteiger partial charge < -0.3 is 10.4 Å². The molecule has 5 heteroatoms. The second kappa shape index (κ2) is 7.27. The Morgan fingerprint density at radius 2 is 2.12 bits per heavy atom. The van der Waals surface area contributed by atoms with Crippen LogP contribution in [0.2, 0.25) is 0 Å². The Hall–Kier alpha value is -1.10. The number of anilines is 1. The van der Waals surface area contributed by atoms with Crippen molar-refractivity contribution in [3.63, 3.8) is 0 Å². The standard InChI is InChI=1S/C12H15BrFNO2/c13-10-8-9(5-6-11(10)14)15-7-3-1-2-4-12(16)17/h5-6,8,15H,1-4,7H2,(H,16,17). The number of carboxylic acid groups (broad SMARTS) is 1. The molecule has 0 saturated carbocycles. The summed E-state index contributed by atoms with van der Waals surface area (Å²) in [4.78, 5) is 10.3. The summed E-state index contributed by atoms with van der Waals surface area (Å²) >= 11 is 3.12. The van der Waals surface area contributed by atoms with Crippen LogP contribution in [0, 0.1) is 5.82 Å². The first-order chi connectivity index (χ1) is 8.09. The van der Waals surface area contributed by atoms with E-state index < -0.39 is 5.97 Å². The van der Waals surface area contributed by atoms with Crippen LogP contribution in [0.4, 0.5) is 10.1 Å². The molecule has 1 aromatic carbocycles. The average molecular weight is 304 g/mol. The molecule has 0 spiro atoms. The normalized spacial score (nSPS) is 10.2. The molecule has 0 bridgehead atoms. The molecule has 0 unspecified atom stereocenters. The SMILES string of the molecule is O=C(O)CCCCCNc1ccc(F)c(Br)c1. The molecule has 0 aliphatic rings. The van der Waals surface area contributed by atoms with E-state index in [0.717, 1.165) is 25.1 Å². The molecular formula is C12H15BrFNO2. The lowest BCUT2D eigenvalue weighted by Gasteiger charge is -2.06. The van der Waals surface area contributed by atoms with Gasteiger partial charge in [0.05, 0.1) is 4.47 Å². The summed E-state index contributed by atoms with van der Waals surface area (Å²) in [6.45, 7) is 0.762. The zero-order valence-corrected chi connectivity index (χ0v) is 11.0. The third-order valence-electron chi connectivity index (χ3n) is 2.32. The van der Waals surface area contributed by atoms with Crippen LogP contribution in [0.5, 0.6) is 0 Å². The van der Waals surface area contributed by atoms with Crippen molar-refractivity contribution in [2.24, 2.45) is 0 Å². The predicted molar refractivity (Wildman–Crippen MR) is 68.7 cm³/mol. The molecule has 94 valence electrons. The van der Waals surface area contributed by atoms with Gasteiger partial charge in [-0.2, -0.15) is 0 Å². The number of rotatable bonds is 7. The molecular weight excluding hydrogens is 289 g/mol. The highest BCUT2D eigenvalue weighted by atomic mass is 79.9. The molecule has 3 nitrogen and oxygen atoms in total. The predicted octanol–water partition coefficient (Wildman–Crippen LogP) is 3.65. The summed E-state index contributed by atoms with van der Waals surface area (Å²) in [5.74, 6) is -1.03. The van der Waals surface area contributed by atoms with Gasteiger partial charge in [0.1, 0.15) is 5.82 Å². The number of hydrogen-bond acceptors (Lipinski definition) is 2. The molecule has 2 N–H and O–H groups in total. The Bertz CT molecular complexity index is 385. The van der Waals surface area contributed by atoms with Gasteiger partial charge in [-0.3, -0.25) is 4.79 Å². The van der Waals surface area contributed by atoms with Crippen LogP contribution in [0.25, 0.3) is 0 Å². The monoisotopic (exact) mass is 303 g/mol. The van der Waals surface area contributed by atoms with Crippen molar-refractivity contribution in [2.45, 2.75) is 25.7 Å². The van der Waals surface area contributed by atoms with Crippen molar-refractivity contribution >= 4 is 27.6 Å². The molecule has 0 heterocycles. The van der Waals surface area contributed by atoms with Crippen LogP contribution < -0.4 is 5.32 Å². The summed E-state index contributed by atoms with van der Waals surface area (Å²) < 4.78 is 13.4. The average Bonchev–Trinajstić information content (AvgIpc) is 2.27. The first-order valence-electron chi connectivity index (χ1n) is 5.50. The van der Waals surface area contributed by atoms with Gasteiger partial charge in [0, 0.05) is 18.7 Å². The van der Waals surface area contributed by atoms with E-state index >= 15 is 0 Å². The maximum absolute atomic E-state index is 12.9. The molecule has 0 amide bonds. The van der Waals surface area contributed by atoms with Crippen molar-refractivity contribution < 1.29 is 14.3 Å². The molecule has 0 atom stereocenters. The number of aliphatic carboxylic acids is 1. The largest absolute Gasteiger partial charge is 0.481 e. The smallest absolute Gasteiger partial charge is 0.303 e. The Balaban J connectivity index is 2.18. The van der Waals surface area contributed by atoms with Crippen molar-refractivity contribution in [1.82, 2.24) is 0 Å². The molecule has 1 rings (SSSR count). The van der Waals surface area contributed by atoms with Crippen LogP contribution in [0.3, 0.4) is 0 Å².